The molecular formula is C19H22N4O5S2. The van der Waals surface area contributed by atoms with Crippen LogP contribution in [0.25, 0.3) is 0 Å². The molecule has 1 aliphatic heterocycles. The summed E-state index contributed by atoms with van der Waals surface area (Å²) in [6.07, 6.45) is 0. The zero-order valence-corrected chi connectivity index (χ0v) is 18.0. The van der Waals surface area contributed by atoms with Crippen LogP contribution < -0.4 is 15.2 Å². The van der Waals surface area contributed by atoms with Crippen molar-refractivity contribution in [2.45, 2.75) is 36.2 Å². The van der Waals surface area contributed by atoms with Gasteiger partial charge in [0.05, 0.1) is 9.79 Å². The van der Waals surface area contributed by atoms with Gasteiger partial charge in [0.2, 0.25) is 15.9 Å². The van der Waals surface area contributed by atoms with Crippen LogP contribution in [0.3, 0.4) is 0 Å². The monoisotopic (exact) mass is 450 g/mol. The minimum Gasteiger partial charge on any atom is -0.350 e. The maximum Gasteiger partial charge on any atom is 0.263 e. The maximum absolute atomic E-state index is 12.8. The minimum atomic E-state index is -3.85. The average Bonchev–Trinajstić information content (AvgIpc) is 2.94. The van der Waals surface area contributed by atoms with Gasteiger partial charge in [-0.25, -0.2) is 22.0 Å². The molecule has 0 fully saturated rings. The lowest BCUT2D eigenvalue weighted by Gasteiger charge is -2.17. The highest BCUT2D eigenvalue weighted by molar-refractivity contribution is 7.90. The highest BCUT2D eigenvalue weighted by atomic mass is 32.2. The second-order valence-corrected chi connectivity index (χ2v) is 10.4. The Bertz CT molecular complexity index is 1220. The number of nitrogens with zero attached hydrogens (tertiary/aromatic N) is 1. The molecule has 4 N–H and O–H groups in total. The number of carbonyl (C=O) groups excluding carboxylic acids is 1. The van der Waals surface area contributed by atoms with E-state index in [4.69, 9.17) is 5.14 Å². The largest absolute Gasteiger partial charge is 0.350 e. The Balaban J connectivity index is 1.81. The molecule has 0 bridgehead atoms. The molecule has 0 aromatic heterocycles. The lowest BCUT2D eigenvalue weighted by atomic mass is 10.0. The van der Waals surface area contributed by atoms with Gasteiger partial charge < -0.3 is 5.32 Å². The maximum atomic E-state index is 12.8. The van der Waals surface area contributed by atoms with Crippen molar-refractivity contribution < 1.29 is 21.6 Å². The van der Waals surface area contributed by atoms with Crippen LogP contribution in [0.4, 0.5) is 0 Å². The van der Waals surface area contributed by atoms with Crippen LogP contribution in [0.1, 0.15) is 25.0 Å². The number of amidine groups is 1. The highest BCUT2D eigenvalue weighted by Gasteiger charge is 2.32. The Morgan fingerprint density at radius 2 is 1.87 bits per heavy atom. The average molecular weight is 451 g/mol. The standard InChI is InChI=1S/C19H22N4O5S2/c1-12(2)17(22-18-15-8-3-4-9-16(15)30(27,28)23-18)19(24)21-11-13-6-5-7-14(10-13)29(20,25)26/h3-10,12,17H,11H2,1-2H3,(H,21,24)(H,22,23)(H2,20,25,26)/t17-/m0/s1. The van der Waals surface area contributed by atoms with Crippen molar-refractivity contribution in [3.8, 4) is 0 Å². The highest BCUT2D eigenvalue weighted by Crippen LogP contribution is 2.23. The van der Waals surface area contributed by atoms with E-state index in [-0.39, 0.29) is 28.1 Å². The van der Waals surface area contributed by atoms with Crippen molar-refractivity contribution in [3.05, 3.63) is 59.7 Å². The molecule has 1 heterocycles. The number of nitrogens with two attached hydrogens (primary N) is 1. The van der Waals surface area contributed by atoms with E-state index in [0.29, 0.717) is 11.1 Å². The molecule has 9 nitrogen and oxygen atoms in total. The van der Waals surface area contributed by atoms with Crippen LogP contribution in [0.2, 0.25) is 0 Å². The molecule has 0 aliphatic carbocycles. The quantitative estimate of drug-likeness (QED) is 0.593. The summed E-state index contributed by atoms with van der Waals surface area (Å²) < 4.78 is 49.9. The Morgan fingerprint density at radius 3 is 2.53 bits per heavy atom. The third-order valence-electron chi connectivity index (χ3n) is 4.52. The van der Waals surface area contributed by atoms with Gasteiger partial charge in [-0.3, -0.25) is 14.5 Å². The van der Waals surface area contributed by atoms with Crippen molar-refractivity contribution in [1.29, 1.82) is 0 Å². The van der Waals surface area contributed by atoms with Gasteiger partial charge in [0.15, 0.2) is 0 Å². The van der Waals surface area contributed by atoms with Crippen molar-refractivity contribution >= 4 is 31.8 Å². The molecule has 30 heavy (non-hydrogen) atoms. The van der Waals surface area contributed by atoms with Crippen LogP contribution in [0.15, 0.2) is 63.3 Å². The van der Waals surface area contributed by atoms with E-state index >= 15 is 0 Å². The first-order chi connectivity index (χ1) is 14.0. The van der Waals surface area contributed by atoms with Gasteiger partial charge in [-0.1, -0.05) is 38.1 Å². The smallest absolute Gasteiger partial charge is 0.263 e. The van der Waals surface area contributed by atoms with E-state index in [9.17, 15) is 21.6 Å². The second kappa shape index (κ2) is 8.17. The van der Waals surface area contributed by atoms with Gasteiger partial charge in [-0.2, -0.15) is 0 Å². The molecule has 0 saturated carbocycles. The summed E-state index contributed by atoms with van der Waals surface area (Å²) in [7, 11) is -7.56. The van der Waals surface area contributed by atoms with Crippen molar-refractivity contribution in [3.63, 3.8) is 0 Å². The van der Waals surface area contributed by atoms with Crippen LogP contribution in [0, 0.1) is 5.92 Å². The summed E-state index contributed by atoms with van der Waals surface area (Å²) >= 11 is 0. The number of benzene rings is 2. The molecule has 1 aliphatic rings. The van der Waals surface area contributed by atoms with Crippen LogP contribution in [0.5, 0.6) is 0 Å². The Kier molecular flexibility index (Phi) is 5.97. The molecule has 2 aromatic rings. The molecule has 2 aromatic carbocycles. The van der Waals surface area contributed by atoms with E-state index in [1.54, 1.807) is 38.1 Å². The molecule has 0 spiro atoms. The number of primary sulfonamides is 1. The van der Waals surface area contributed by atoms with Gasteiger partial charge >= 0.3 is 0 Å². The van der Waals surface area contributed by atoms with Gasteiger partial charge in [-0.15, -0.1) is 0 Å². The normalized spacial score (nSPS) is 17.4. The number of amides is 1. The van der Waals surface area contributed by atoms with Gasteiger partial charge in [0.25, 0.3) is 10.0 Å². The molecule has 0 saturated heterocycles. The molecule has 3 rings (SSSR count). The van der Waals surface area contributed by atoms with Gasteiger partial charge in [0, 0.05) is 12.1 Å². The topological polar surface area (TPSA) is 148 Å². The molecular weight excluding hydrogens is 428 g/mol. The number of rotatable bonds is 6. The molecule has 1 atom stereocenters. The van der Waals surface area contributed by atoms with E-state index in [1.165, 1.54) is 24.3 Å². The Hall–Kier alpha value is -2.76. The summed E-state index contributed by atoms with van der Waals surface area (Å²) in [4.78, 5) is 17.2. The van der Waals surface area contributed by atoms with Crippen LogP contribution >= 0.6 is 0 Å². The molecule has 160 valence electrons. The van der Waals surface area contributed by atoms with Crippen molar-refractivity contribution in [2.24, 2.45) is 16.0 Å². The molecule has 1 amide bonds. The lowest BCUT2D eigenvalue weighted by molar-refractivity contribution is -0.123. The number of sulfonamides is 2. The number of nitrogens with one attached hydrogen (secondary N) is 2. The van der Waals surface area contributed by atoms with Gasteiger partial charge in [-0.05, 0) is 35.7 Å². The first-order valence-corrected chi connectivity index (χ1v) is 12.1. The fourth-order valence-electron chi connectivity index (χ4n) is 3.01. The molecule has 11 heteroatoms. The Labute approximate surface area is 175 Å². The number of hydrogen-bond donors (Lipinski definition) is 3. The van der Waals surface area contributed by atoms with E-state index in [0.717, 1.165) is 0 Å². The first kappa shape index (κ1) is 21.9. The molecule has 0 unspecified atom stereocenters. The third-order valence-corrected chi connectivity index (χ3v) is 6.83. The SMILES string of the molecule is CC(C)[C@H](N=C1NS(=O)(=O)c2ccccc21)C(=O)NCc1cccc(S(N)(=O)=O)c1. The number of carbonyl (C=O) groups is 1. The fourth-order valence-corrected chi connectivity index (χ4v) is 4.83. The zero-order chi connectivity index (χ0) is 22.1. The number of aliphatic imine (C=N–C) groups is 1. The zero-order valence-electron chi connectivity index (χ0n) is 16.4. The summed E-state index contributed by atoms with van der Waals surface area (Å²) in [5.41, 5.74) is 0.966. The van der Waals surface area contributed by atoms with Crippen LogP contribution in [-0.2, 0) is 31.4 Å². The lowest BCUT2D eigenvalue weighted by Crippen LogP contribution is -2.38. The Morgan fingerprint density at radius 1 is 1.17 bits per heavy atom. The number of fused-ring (bicyclic) bond motifs is 1. The van der Waals surface area contributed by atoms with E-state index < -0.39 is 32.0 Å². The van der Waals surface area contributed by atoms with E-state index in [1.807, 2.05) is 0 Å². The summed E-state index contributed by atoms with van der Waals surface area (Å²) in [5.74, 6) is -0.511. The minimum absolute atomic E-state index is 0.0492. The fraction of sp³-hybridized carbons (Fsp3) is 0.263. The molecule has 0 radical (unpaired) electrons. The van der Waals surface area contributed by atoms with E-state index in [2.05, 4.69) is 15.0 Å². The summed E-state index contributed by atoms with van der Waals surface area (Å²) in [6.45, 7) is 3.66. The predicted octanol–water partition coefficient (Wildman–Crippen LogP) is 0.714. The predicted molar refractivity (Wildman–Crippen MR) is 112 cm³/mol. The van der Waals surface area contributed by atoms with Crippen molar-refractivity contribution in [1.82, 2.24) is 10.0 Å². The van der Waals surface area contributed by atoms with Crippen molar-refractivity contribution in [2.75, 3.05) is 0 Å². The second-order valence-electron chi connectivity index (χ2n) is 7.18. The third kappa shape index (κ3) is 4.69. The van der Waals surface area contributed by atoms with Gasteiger partial charge in [0.1, 0.15) is 11.9 Å². The van der Waals surface area contributed by atoms with Crippen LogP contribution in [-0.4, -0.2) is 34.6 Å². The summed E-state index contributed by atoms with van der Waals surface area (Å²) in [5, 5.41) is 7.85. The first-order valence-electron chi connectivity index (χ1n) is 9.08. The number of hydrogen-bond acceptors (Lipinski definition) is 6. The summed E-state index contributed by atoms with van der Waals surface area (Å²) in [6, 6.07) is 11.5.